The predicted molar refractivity (Wildman–Crippen MR) is 81.1 cm³/mol. The first-order valence-electron chi connectivity index (χ1n) is 7.82. The van der Waals surface area contributed by atoms with Crippen molar-refractivity contribution in [2.75, 3.05) is 24.7 Å². The minimum Gasteiger partial charge on any atom is -0.377 e. The van der Waals surface area contributed by atoms with Crippen LogP contribution in [-0.2, 0) is 11.3 Å². The van der Waals surface area contributed by atoms with Gasteiger partial charge in [0.05, 0.1) is 19.3 Å². The summed E-state index contributed by atoms with van der Waals surface area (Å²) in [6.45, 7) is 7.86. The number of nitrogens with one attached hydrogen (secondary N) is 1. The van der Waals surface area contributed by atoms with Crippen molar-refractivity contribution in [1.82, 2.24) is 10.3 Å². The van der Waals surface area contributed by atoms with Crippen molar-refractivity contribution in [3.8, 4) is 0 Å². The Morgan fingerprint density at radius 1 is 1.40 bits per heavy atom. The molecule has 1 aromatic rings. The van der Waals surface area contributed by atoms with Gasteiger partial charge >= 0.3 is 0 Å². The number of pyridine rings is 1. The van der Waals surface area contributed by atoms with Crippen LogP contribution in [0.1, 0.15) is 37.4 Å². The summed E-state index contributed by atoms with van der Waals surface area (Å²) in [5, 5.41) is 3.56. The largest absolute Gasteiger partial charge is 0.377 e. The molecule has 1 aliphatic heterocycles. The molecule has 0 aromatic carbocycles. The molecular weight excluding hydrogens is 250 g/mol. The van der Waals surface area contributed by atoms with Gasteiger partial charge in [0, 0.05) is 24.8 Å². The van der Waals surface area contributed by atoms with Gasteiger partial charge in [0.15, 0.2) is 0 Å². The molecule has 1 unspecified atom stereocenters. The highest BCUT2D eigenvalue weighted by Gasteiger charge is 2.23. The van der Waals surface area contributed by atoms with Crippen LogP contribution in [0.25, 0.3) is 0 Å². The van der Waals surface area contributed by atoms with Crippen LogP contribution >= 0.6 is 0 Å². The van der Waals surface area contributed by atoms with E-state index in [4.69, 9.17) is 9.72 Å². The quantitative estimate of drug-likeness (QED) is 0.894. The Kier molecular flexibility index (Phi) is 4.22. The maximum Gasteiger partial charge on any atom is 0.129 e. The first kappa shape index (κ1) is 13.8. The third kappa shape index (κ3) is 3.13. The third-order valence-corrected chi connectivity index (χ3v) is 4.33. The standard InChI is InChI=1S/C16H25N3O/c1-3-15-11-20-9-8-19(15)16-7-4-13(12(2)18-16)10-17-14-5-6-14/h4,7,14-15,17H,3,5-6,8-11H2,1-2H3. The molecule has 2 fully saturated rings. The minimum absolute atomic E-state index is 0.464. The SMILES string of the molecule is CCC1COCCN1c1ccc(CNC2CC2)c(C)n1. The van der Waals surface area contributed by atoms with Gasteiger partial charge in [0.1, 0.15) is 5.82 Å². The summed E-state index contributed by atoms with van der Waals surface area (Å²) >= 11 is 0. The van der Waals surface area contributed by atoms with Crippen molar-refractivity contribution in [1.29, 1.82) is 0 Å². The Labute approximate surface area is 121 Å². The van der Waals surface area contributed by atoms with Crippen LogP contribution in [0.4, 0.5) is 5.82 Å². The Bertz CT molecular complexity index is 459. The molecule has 0 radical (unpaired) electrons. The second-order valence-corrected chi connectivity index (χ2v) is 5.90. The van der Waals surface area contributed by atoms with E-state index in [0.29, 0.717) is 6.04 Å². The van der Waals surface area contributed by atoms with E-state index in [-0.39, 0.29) is 0 Å². The molecule has 1 N–H and O–H groups in total. The molecule has 0 amide bonds. The van der Waals surface area contributed by atoms with E-state index in [1.807, 2.05) is 0 Å². The van der Waals surface area contributed by atoms with Gasteiger partial charge in [-0.2, -0.15) is 0 Å². The molecule has 2 heterocycles. The zero-order valence-corrected chi connectivity index (χ0v) is 12.6. The van der Waals surface area contributed by atoms with Crippen molar-refractivity contribution in [3.63, 3.8) is 0 Å². The Balaban J connectivity index is 1.70. The highest BCUT2D eigenvalue weighted by Crippen LogP contribution is 2.22. The normalized spacial score (nSPS) is 23.1. The fraction of sp³-hybridized carbons (Fsp3) is 0.688. The van der Waals surface area contributed by atoms with E-state index >= 15 is 0 Å². The van der Waals surface area contributed by atoms with E-state index in [1.165, 1.54) is 18.4 Å². The molecule has 0 spiro atoms. The molecule has 1 aliphatic carbocycles. The summed E-state index contributed by atoms with van der Waals surface area (Å²) in [6.07, 6.45) is 3.76. The van der Waals surface area contributed by atoms with E-state index < -0.39 is 0 Å². The highest BCUT2D eigenvalue weighted by molar-refractivity contribution is 5.43. The average molecular weight is 275 g/mol. The second kappa shape index (κ2) is 6.10. The molecule has 20 heavy (non-hydrogen) atoms. The minimum atomic E-state index is 0.464. The number of hydrogen-bond donors (Lipinski definition) is 1. The van der Waals surface area contributed by atoms with E-state index in [2.05, 4.69) is 36.2 Å². The molecule has 4 nitrogen and oxygen atoms in total. The van der Waals surface area contributed by atoms with Gasteiger partial charge in [-0.25, -0.2) is 4.98 Å². The fourth-order valence-electron chi connectivity index (χ4n) is 2.76. The van der Waals surface area contributed by atoms with Crippen LogP contribution in [0.2, 0.25) is 0 Å². The molecule has 0 bridgehead atoms. The van der Waals surface area contributed by atoms with Crippen LogP contribution in [-0.4, -0.2) is 36.8 Å². The van der Waals surface area contributed by atoms with Crippen LogP contribution in [0, 0.1) is 6.92 Å². The van der Waals surface area contributed by atoms with Crippen molar-refractivity contribution < 1.29 is 4.74 Å². The summed E-state index contributed by atoms with van der Waals surface area (Å²) in [6, 6.07) is 5.61. The molecule has 1 atom stereocenters. The molecule has 1 saturated carbocycles. The summed E-state index contributed by atoms with van der Waals surface area (Å²) < 4.78 is 5.57. The fourth-order valence-corrected chi connectivity index (χ4v) is 2.76. The molecule has 4 heteroatoms. The number of aromatic nitrogens is 1. The van der Waals surface area contributed by atoms with Crippen LogP contribution in [0.5, 0.6) is 0 Å². The third-order valence-electron chi connectivity index (χ3n) is 4.33. The number of rotatable bonds is 5. The topological polar surface area (TPSA) is 37.4 Å². The van der Waals surface area contributed by atoms with Crippen molar-refractivity contribution in [2.24, 2.45) is 0 Å². The number of nitrogens with zero attached hydrogens (tertiary/aromatic N) is 2. The first-order chi connectivity index (χ1) is 9.78. The number of anilines is 1. The highest BCUT2D eigenvalue weighted by atomic mass is 16.5. The lowest BCUT2D eigenvalue weighted by Crippen LogP contribution is -2.45. The maximum absolute atomic E-state index is 5.57. The number of morpholine rings is 1. The summed E-state index contributed by atoms with van der Waals surface area (Å²) in [7, 11) is 0. The molecule has 1 aromatic heterocycles. The lowest BCUT2D eigenvalue weighted by Gasteiger charge is -2.36. The summed E-state index contributed by atoms with van der Waals surface area (Å²) in [5.74, 6) is 1.10. The van der Waals surface area contributed by atoms with Gasteiger partial charge in [0.2, 0.25) is 0 Å². The predicted octanol–water partition coefficient (Wildman–Crippen LogP) is 2.26. The van der Waals surface area contributed by atoms with E-state index in [1.54, 1.807) is 0 Å². The first-order valence-corrected chi connectivity index (χ1v) is 7.82. The van der Waals surface area contributed by atoms with E-state index in [9.17, 15) is 0 Å². The van der Waals surface area contributed by atoms with Gasteiger partial charge in [-0.05, 0) is 37.8 Å². The van der Waals surface area contributed by atoms with Crippen LogP contribution in [0.3, 0.4) is 0 Å². The summed E-state index contributed by atoms with van der Waals surface area (Å²) in [5.41, 5.74) is 2.47. The zero-order chi connectivity index (χ0) is 13.9. The van der Waals surface area contributed by atoms with Gasteiger partial charge in [0.25, 0.3) is 0 Å². The van der Waals surface area contributed by atoms with Crippen molar-refractivity contribution in [2.45, 2.75) is 51.7 Å². The van der Waals surface area contributed by atoms with E-state index in [0.717, 1.165) is 50.3 Å². The van der Waals surface area contributed by atoms with Gasteiger partial charge < -0.3 is 15.0 Å². The summed E-state index contributed by atoms with van der Waals surface area (Å²) in [4.78, 5) is 7.22. The number of ether oxygens (including phenoxy) is 1. The van der Waals surface area contributed by atoms with Crippen LogP contribution < -0.4 is 10.2 Å². The van der Waals surface area contributed by atoms with Crippen molar-refractivity contribution >= 4 is 5.82 Å². The lowest BCUT2D eigenvalue weighted by molar-refractivity contribution is 0.0925. The number of aryl methyl sites for hydroxylation is 1. The monoisotopic (exact) mass is 275 g/mol. The number of hydrogen-bond acceptors (Lipinski definition) is 4. The average Bonchev–Trinajstić information content (AvgIpc) is 3.30. The zero-order valence-electron chi connectivity index (χ0n) is 12.6. The lowest BCUT2D eigenvalue weighted by atomic mass is 10.1. The molecule has 1 saturated heterocycles. The van der Waals surface area contributed by atoms with Gasteiger partial charge in [-0.1, -0.05) is 13.0 Å². The smallest absolute Gasteiger partial charge is 0.129 e. The Morgan fingerprint density at radius 3 is 2.95 bits per heavy atom. The Hall–Kier alpha value is -1.13. The molecule has 2 aliphatic rings. The van der Waals surface area contributed by atoms with Gasteiger partial charge in [-0.15, -0.1) is 0 Å². The molecule has 110 valence electrons. The van der Waals surface area contributed by atoms with Crippen LogP contribution in [0.15, 0.2) is 12.1 Å². The maximum atomic E-state index is 5.57. The van der Waals surface area contributed by atoms with Gasteiger partial charge in [-0.3, -0.25) is 0 Å². The molecule has 3 rings (SSSR count). The second-order valence-electron chi connectivity index (χ2n) is 5.90. The Morgan fingerprint density at radius 2 is 2.25 bits per heavy atom. The molecular formula is C16H25N3O. The van der Waals surface area contributed by atoms with Crippen molar-refractivity contribution in [3.05, 3.63) is 23.4 Å².